The third-order valence-corrected chi connectivity index (χ3v) is 6.33. The van der Waals surface area contributed by atoms with E-state index in [0.717, 1.165) is 23.0 Å². The number of hydrogen-bond donors (Lipinski definition) is 1. The smallest absolute Gasteiger partial charge is 0.0201 e. The van der Waals surface area contributed by atoms with Crippen molar-refractivity contribution in [2.24, 2.45) is 23.5 Å². The molecule has 1 heterocycles. The molecule has 1 aliphatic carbocycles. The molecule has 1 nitrogen and oxygen atoms in total. The number of hydrogen-bond acceptors (Lipinski definition) is 2. The molecule has 1 aliphatic heterocycles. The lowest BCUT2D eigenvalue weighted by Crippen LogP contribution is -2.43. The number of thioether (sulfide) groups is 1. The van der Waals surface area contributed by atoms with E-state index in [1.54, 1.807) is 0 Å². The summed E-state index contributed by atoms with van der Waals surface area (Å²) in [6.07, 6.45) is 8.34. The van der Waals surface area contributed by atoms with Gasteiger partial charge in [-0.05, 0) is 49.2 Å². The van der Waals surface area contributed by atoms with Gasteiger partial charge in [-0.2, -0.15) is 11.8 Å². The second kappa shape index (κ2) is 5.77. The van der Waals surface area contributed by atoms with Crippen molar-refractivity contribution < 1.29 is 0 Å². The first-order chi connectivity index (χ1) is 7.68. The van der Waals surface area contributed by atoms with Gasteiger partial charge in [0.15, 0.2) is 0 Å². The number of rotatable bonds is 2. The zero-order valence-electron chi connectivity index (χ0n) is 10.8. The van der Waals surface area contributed by atoms with E-state index in [1.165, 1.54) is 44.3 Å². The Morgan fingerprint density at radius 3 is 2.50 bits per heavy atom. The monoisotopic (exact) mass is 241 g/mol. The number of nitrogens with two attached hydrogens (primary N) is 1. The standard InChI is InChI=1S/C14H27NS/c1-10-6-7-12(9-11(10)2)14(15)13-5-3-4-8-16-13/h10-14H,3-9,15H2,1-2H3. The van der Waals surface area contributed by atoms with E-state index in [-0.39, 0.29) is 0 Å². The second-order valence-electron chi connectivity index (χ2n) is 6.01. The van der Waals surface area contributed by atoms with Crippen molar-refractivity contribution in [1.82, 2.24) is 0 Å². The fourth-order valence-electron chi connectivity index (χ4n) is 3.31. The summed E-state index contributed by atoms with van der Waals surface area (Å²) < 4.78 is 0. The first-order valence-electron chi connectivity index (χ1n) is 7.05. The SMILES string of the molecule is CC1CCC(C(N)C2CCCCS2)CC1C. The van der Waals surface area contributed by atoms with Gasteiger partial charge in [-0.3, -0.25) is 0 Å². The van der Waals surface area contributed by atoms with E-state index >= 15 is 0 Å². The Morgan fingerprint density at radius 2 is 1.88 bits per heavy atom. The minimum Gasteiger partial charge on any atom is -0.326 e. The van der Waals surface area contributed by atoms with Gasteiger partial charge in [0, 0.05) is 11.3 Å². The zero-order valence-corrected chi connectivity index (χ0v) is 11.6. The topological polar surface area (TPSA) is 26.0 Å². The van der Waals surface area contributed by atoms with Gasteiger partial charge < -0.3 is 5.73 Å². The average molecular weight is 241 g/mol. The molecule has 2 aliphatic rings. The Kier molecular flexibility index (Phi) is 4.60. The van der Waals surface area contributed by atoms with Crippen LogP contribution in [0.2, 0.25) is 0 Å². The van der Waals surface area contributed by atoms with E-state index in [1.807, 2.05) is 0 Å². The summed E-state index contributed by atoms with van der Waals surface area (Å²) in [5.74, 6) is 3.96. The van der Waals surface area contributed by atoms with Crippen LogP contribution in [0.4, 0.5) is 0 Å². The van der Waals surface area contributed by atoms with Crippen LogP contribution in [0.1, 0.15) is 52.4 Å². The van der Waals surface area contributed by atoms with Gasteiger partial charge >= 0.3 is 0 Å². The van der Waals surface area contributed by atoms with Gasteiger partial charge in [0.1, 0.15) is 0 Å². The predicted molar refractivity (Wildman–Crippen MR) is 73.7 cm³/mol. The molecule has 2 rings (SSSR count). The molecule has 2 heteroatoms. The Balaban J connectivity index is 1.86. The second-order valence-corrected chi connectivity index (χ2v) is 7.36. The lowest BCUT2D eigenvalue weighted by Gasteiger charge is -2.39. The van der Waals surface area contributed by atoms with E-state index in [0.29, 0.717) is 6.04 Å². The van der Waals surface area contributed by atoms with Crippen LogP contribution in [0, 0.1) is 17.8 Å². The van der Waals surface area contributed by atoms with Crippen molar-refractivity contribution in [2.75, 3.05) is 5.75 Å². The van der Waals surface area contributed by atoms with E-state index < -0.39 is 0 Å². The van der Waals surface area contributed by atoms with Crippen LogP contribution < -0.4 is 5.73 Å². The van der Waals surface area contributed by atoms with Crippen LogP contribution in [0.5, 0.6) is 0 Å². The molecule has 0 amide bonds. The van der Waals surface area contributed by atoms with E-state index in [2.05, 4.69) is 25.6 Å². The van der Waals surface area contributed by atoms with Crippen molar-refractivity contribution >= 4 is 11.8 Å². The zero-order chi connectivity index (χ0) is 11.5. The minimum absolute atomic E-state index is 0.472. The molecule has 0 aromatic heterocycles. The maximum absolute atomic E-state index is 6.51. The lowest BCUT2D eigenvalue weighted by atomic mass is 9.72. The summed E-state index contributed by atoms with van der Waals surface area (Å²) in [4.78, 5) is 0. The third-order valence-electron chi connectivity index (χ3n) is 4.83. The molecule has 1 saturated heterocycles. The summed E-state index contributed by atoms with van der Waals surface area (Å²) in [6.45, 7) is 4.82. The minimum atomic E-state index is 0.472. The van der Waals surface area contributed by atoms with Gasteiger partial charge in [0.2, 0.25) is 0 Å². The molecule has 1 saturated carbocycles. The molecule has 0 radical (unpaired) electrons. The predicted octanol–water partition coefficient (Wildman–Crippen LogP) is 3.67. The summed E-state index contributed by atoms with van der Waals surface area (Å²) >= 11 is 2.14. The van der Waals surface area contributed by atoms with Crippen molar-refractivity contribution in [2.45, 2.75) is 63.7 Å². The van der Waals surface area contributed by atoms with Crippen molar-refractivity contribution in [3.8, 4) is 0 Å². The van der Waals surface area contributed by atoms with Crippen molar-refractivity contribution in [1.29, 1.82) is 0 Å². The van der Waals surface area contributed by atoms with Gasteiger partial charge in [0.05, 0.1) is 0 Å². The highest BCUT2D eigenvalue weighted by Crippen LogP contribution is 2.38. The summed E-state index contributed by atoms with van der Waals surface area (Å²) in [7, 11) is 0. The highest BCUT2D eigenvalue weighted by Gasteiger charge is 2.33. The van der Waals surface area contributed by atoms with Crippen LogP contribution in [0.25, 0.3) is 0 Å². The van der Waals surface area contributed by atoms with E-state index in [9.17, 15) is 0 Å². The maximum atomic E-state index is 6.51. The molecule has 16 heavy (non-hydrogen) atoms. The van der Waals surface area contributed by atoms with Crippen LogP contribution in [-0.2, 0) is 0 Å². The van der Waals surface area contributed by atoms with Crippen LogP contribution in [0.3, 0.4) is 0 Å². The first kappa shape index (κ1) is 12.8. The quantitative estimate of drug-likeness (QED) is 0.798. The molecule has 94 valence electrons. The van der Waals surface area contributed by atoms with E-state index in [4.69, 9.17) is 5.73 Å². The van der Waals surface area contributed by atoms with Crippen molar-refractivity contribution in [3.05, 3.63) is 0 Å². The molecular weight excluding hydrogens is 214 g/mol. The highest BCUT2D eigenvalue weighted by atomic mass is 32.2. The Hall–Kier alpha value is 0.310. The molecule has 2 fully saturated rings. The molecule has 0 aromatic carbocycles. The Morgan fingerprint density at radius 1 is 1.06 bits per heavy atom. The third kappa shape index (κ3) is 2.95. The maximum Gasteiger partial charge on any atom is 0.0201 e. The van der Waals surface area contributed by atoms with Gasteiger partial charge in [-0.25, -0.2) is 0 Å². The van der Waals surface area contributed by atoms with Crippen LogP contribution in [-0.4, -0.2) is 17.0 Å². The summed E-state index contributed by atoms with van der Waals surface area (Å²) in [5.41, 5.74) is 6.51. The van der Waals surface area contributed by atoms with Crippen molar-refractivity contribution in [3.63, 3.8) is 0 Å². The molecular formula is C14H27NS. The summed E-state index contributed by atoms with van der Waals surface area (Å²) in [5, 5.41) is 0.763. The molecule has 0 aromatic rings. The summed E-state index contributed by atoms with van der Waals surface area (Å²) in [6, 6.07) is 0.472. The van der Waals surface area contributed by atoms with Gasteiger partial charge in [-0.1, -0.05) is 26.7 Å². The Labute approximate surface area is 105 Å². The molecule has 0 spiro atoms. The van der Waals surface area contributed by atoms with Gasteiger partial charge in [0.25, 0.3) is 0 Å². The Bertz CT molecular complexity index is 213. The van der Waals surface area contributed by atoms with Crippen LogP contribution >= 0.6 is 11.8 Å². The highest BCUT2D eigenvalue weighted by molar-refractivity contribution is 8.00. The molecule has 0 bridgehead atoms. The lowest BCUT2D eigenvalue weighted by molar-refractivity contribution is 0.182. The largest absolute Gasteiger partial charge is 0.326 e. The molecule has 5 atom stereocenters. The fraction of sp³-hybridized carbons (Fsp3) is 1.00. The van der Waals surface area contributed by atoms with Gasteiger partial charge in [-0.15, -0.1) is 0 Å². The molecule has 2 N–H and O–H groups in total. The average Bonchev–Trinajstić information content (AvgIpc) is 2.33. The fourth-order valence-corrected chi connectivity index (χ4v) is 4.76. The normalized spacial score (nSPS) is 42.9. The molecule has 5 unspecified atom stereocenters. The first-order valence-corrected chi connectivity index (χ1v) is 8.10. The van der Waals surface area contributed by atoms with Crippen LogP contribution in [0.15, 0.2) is 0 Å².